The number of benzene rings is 4. The fraction of sp³-hybridized carbons (Fsp3) is 0.375. The summed E-state index contributed by atoms with van der Waals surface area (Å²) in [6.07, 6.45) is 9.06. The molecule has 244 valence electrons. The number of hydrogen-bond donors (Lipinski definition) is 0. The van der Waals surface area contributed by atoms with Crippen molar-refractivity contribution in [2.45, 2.75) is 74.2 Å². The Balaban J connectivity index is 0.916. The lowest BCUT2D eigenvalue weighted by Gasteiger charge is -2.53. The summed E-state index contributed by atoms with van der Waals surface area (Å²) in [7, 11) is 3.99. The topological polar surface area (TPSA) is 54.0 Å². The highest BCUT2D eigenvalue weighted by Gasteiger charge is 2.60. The molecule has 5 nitrogen and oxygen atoms in total. The van der Waals surface area contributed by atoms with Gasteiger partial charge in [0.2, 0.25) is 0 Å². The lowest BCUT2D eigenvalue weighted by Crippen LogP contribution is -2.53. The summed E-state index contributed by atoms with van der Waals surface area (Å²) in [6, 6.07) is 35.5. The first-order valence-corrected chi connectivity index (χ1v) is 19.4. The molecule has 4 aromatic carbocycles. The third-order valence-electron chi connectivity index (χ3n) is 9.56. The van der Waals surface area contributed by atoms with E-state index in [0.717, 1.165) is 82.9 Å². The zero-order valence-electron chi connectivity index (χ0n) is 26.7. The van der Waals surface area contributed by atoms with Gasteiger partial charge in [-0.05, 0) is 68.2 Å². The van der Waals surface area contributed by atoms with Gasteiger partial charge in [0.15, 0.2) is 11.2 Å². The summed E-state index contributed by atoms with van der Waals surface area (Å²) in [5.41, 5.74) is 4.67. The van der Waals surface area contributed by atoms with Crippen LogP contribution < -0.4 is 4.74 Å². The molecule has 1 fully saturated rings. The Labute approximate surface area is 286 Å². The summed E-state index contributed by atoms with van der Waals surface area (Å²) in [6.45, 7) is 1.16. The second-order valence-electron chi connectivity index (χ2n) is 12.6. The van der Waals surface area contributed by atoms with Gasteiger partial charge in [0.25, 0.3) is 0 Å². The number of unbranched alkanes of at least 4 members (excludes halogenated alkanes) is 4. The first-order valence-electron chi connectivity index (χ1n) is 17.0. The van der Waals surface area contributed by atoms with Gasteiger partial charge in [-0.3, -0.25) is 4.79 Å². The molecule has 1 saturated heterocycles. The zero-order chi connectivity index (χ0) is 31.9. The number of fused-ring (bicyclic) bond motifs is 1. The zero-order valence-corrected chi connectivity index (χ0v) is 28.4. The van der Waals surface area contributed by atoms with E-state index in [4.69, 9.17) is 19.2 Å². The molecule has 0 amide bonds. The van der Waals surface area contributed by atoms with Gasteiger partial charge in [-0.2, -0.15) is 0 Å². The smallest absolute Gasteiger partial charge is 0.305 e. The van der Waals surface area contributed by atoms with Crippen LogP contribution in [0.2, 0.25) is 0 Å². The lowest BCUT2D eigenvalue weighted by molar-refractivity contribution is -0.410. The first-order chi connectivity index (χ1) is 23.2. The van der Waals surface area contributed by atoms with Gasteiger partial charge in [-0.25, -0.2) is 9.78 Å². The molecule has 7 heteroatoms. The molecule has 0 radical (unpaired) electrons. The molecule has 1 atom stereocenters. The van der Waals surface area contributed by atoms with Gasteiger partial charge in [0.1, 0.15) is 5.75 Å². The summed E-state index contributed by atoms with van der Waals surface area (Å²) in [5, 5.41) is 0.783. The molecule has 4 aromatic rings. The normalized spacial score (nSPS) is 22.4. The summed E-state index contributed by atoms with van der Waals surface area (Å²) < 4.78 is 11.6. The maximum atomic E-state index is 12.0. The van der Waals surface area contributed by atoms with E-state index < -0.39 is 11.2 Å². The van der Waals surface area contributed by atoms with Crippen molar-refractivity contribution in [3.63, 3.8) is 0 Å². The minimum absolute atomic E-state index is 0.0503. The molecule has 0 saturated carbocycles. The Morgan fingerprint density at radius 1 is 0.660 bits per heavy atom. The van der Waals surface area contributed by atoms with Gasteiger partial charge in [-0.15, -0.1) is 0 Å². The van der Waals surface area contributed by atoms with Crippen molar-refractivity contribution in [1.82, 2.24) is 0 Å². The molecule has 47 heavy (non-hydrogen) atoms. The van der Waals surface area contributed by atoms with E-state index >= 15 is 0 Å². The Bertz CT molecular complexity index is 1590. The van der Waals surface area contributed by atoms with Crippen LogP contribution in [0.15, 0.2) is 103 Å². The number of rotatable bonds is 15. The van der Waals surface area contributed by atoms with Crippen LogP contribution in [0.25, 0.3) is 0 Å². The Morgan fingerprint density at radius 2 is 1.23 bits per heavy atom. The van der Waals surface area contributed by atoms with Gasteiger partial charge in [-0.1, -0.05) is 119 Å². The van der Waals surface area contributed by atoms with E-state index in [1.165, 1.54) is 18.6 Å². The van der Waals surface area contributed by atoms with Crippen molar-refractivity contribution in [3.05, 3.63) is 137 Å². The van der Waals surface area contributed by atoms with E-state index in [1.807, 2.05) is 51.9 Å². The van der Waals surface area contributed by atoms with Crippen LogP contribution in [0.5, 0.6) is 5.75 Å². The highest BCUT2D eigenvalue weighted by Crippen LogP contribution is 2.61. The molecule has 3 aliphatic heterocycles. The largest absolute Gasteiger partial charge is 0.494 e. The molecular weight excluding hydrogens is 625 g/mol. The summed E-state index contributed by atoms with van der Waals surface area (Å²) in [5.74, 6) is 2.05. The van der Waals surface area contributed by atoms with E-state index in [0.29, 0.717) is 19.6 Å². The predicted octanol–water partition coefficient (Wildman–Crippen LogP) is 9.74. The van der Waals surface area contributed by atoms with Crippen molar-refractivity contribution < 1.29 is 24.0 Å². The monoisotopic (exact) mass is 666 g/mol. The molecule has 2 bridgehead atoms. The van der Waals surface area contributed by atoms with E-state index in [2.05, 4.69) is 72.8 Å². The van der Waals surface area contributed by atoms with E-state index in [1.54, 1.807) is 0 Å². The third-order valence-corrected chi connectivity index (χ3v) is 12.6. The molecule has 0 N–H and O–H groups in total. The minimum atomic E-state index is -0.889. The van der Waals surface area contributed by atoms with Crippen LogP contribution in [0, 0.1) is 0 Å². The maximum Gasteiger partial charge on any atom is 0.305 e. The molecular formula is C40H42O5S2. The summed E-state index contributed by atoms with van der Waals surface area (Å²) in [4.78, 5) is 25.1. The lowest BCUT2D eigenvalue weighted by atomic mass is 9.62. The second kappa shape index (κ2) is 14.9. The van der Waals surface area contributed by atoms with Gasteiger partial charge >= 0.3 is 5.97 Å². The summed E-state index contributed by atoms with van der Waals surface area (Å²) >= 11 is 0. The fourth-order valence-electron chi connectivity index (χ4n) is 7.18. The van der Waals surface area contributed by atoms with Crippen LogP contribution in [0.3, 0.4) is 0 Å². The highest BCUT2D eigenvalue weighted by atomic mass is 33.1. The van der Waals surface area contributed by atoms with Crippen molar-refractivity contribution >= 4 is 27.6 Å². The Hall–Kier alpha value is -3.23. The molecule has 8 rings (SSSR count). The number of carbonyl (C=O) groups excluding carboxylic acids is 1. The first kappa shape index (κ1) is 32.3. The number of hydrogen-bond acceptors (Lipinski definition) is 7. The number of esters is 1. The molecule has 0 aromatic heterocycles. The Morgan fingerprint density at radius 3 is 1.83 bits per heavy atom. The fourth-order valence-corrected chi connectivity index (χ4v) is 10.2. The van der Waals surface area contributed by atoms with Crippen LogP contribution in [0.4, 0.5) is 0 Å². The standard InChI is InChI=1S/C40H42O5S2/c41-38(21-11-6-16-33-26-29-46-47-33)43-28-13-2-1-12-27-42-32-24-22-31(23-25-32)40-36-19-9-7-17-34(36)39(44-45-40,30-14-4-3-5-15-30)35-18-8-10-20-37(35)40/h3-5,7-10,14-15,17-20,22-25,33H,1-2,6,11-13,16,21,26-29H2. The third kappa shape index (κ3) is 6.48. The average Bonchev–Trinajstić information content (AvgIpc) is 3.66. The molecule has 0 spiro atoms. The van der Waals surface area contributed by atoms with Crippen LogP contribution in [-0.2, 0) is 30.5 Å². The van der Waals surface area contributed by atoms with Gasteiger partial charge in [0, 0.05) is 39.7 Å². The van der Waals surface area contributed by atoms with Crippen molar-refractivity contribution in [3.8, 4) is 5.75 Å². The van der Waals surface area contributed by atoms with Crippen molar-refractivity contribution in [2.75, 3.05) is 19.0 Å². The second-order valence-corrected chi connectivity index (χ2v) is 15.4. The number of ether oxygens (including phenoxy) is 2. The highest BCUT2D eigenvalue weighted by molar-refractivity contribution is 8.77. The van der Waals surface area contributed by atoms with Gasteiger partial charge in [0.05, 0.1) is 13.2 Å². The average molecular weight is 667 g/mol. The van der Waals surface area contributed by atoms with Gasteiger partial charge < -0.3 is 9.47 Å². The molecule has 1 aliphatic carbocycles. The van der Waals surface area contributed by atoms with Crippen LogP contribution in [0.1, 0.15) is 91.2 Å². The molecule has 3 heterocycles. The maximum absolute atomic E-state index is 12.0. The van der Waals surface area contributed by atoms with E-state index in [9.17, 15) is 4.79 Å². The van der Waals surface area contributed by atoms with Crippen molar-refractivity contribution in [1.29, 1.82) is 0 Å². The van der Waals surface area contributed by atoms with E-state index in [-0.39, 0.29) is 5.97 Å². The van der Waals surface area contributed by atoms with Crippen molar-refractivity contribution in [2.24, 2.45) is 0 Å². The SMILES string of the molecule is O=C(CCCCC1CCSS1)OCCCCCCOc1ccc(C23OOC(c4ccccc4)(c4ccccc42)c2ccccc23)cc1. The molecule has 1 unspecified atom stereocenters. The predicted molar refractivity (Wildman–Crippen MR) is 190 cm³/mol. The minimum Gasteiger partial charge on any atom is -0.494 e. The molecule has 4 aliphatic rings. The van der Waals surface area contributed by atoms with Crippen LogP contribution >= 0.6 is 21.6 Å². The number of carbonyl (C=O) groups is 1. The Kier molecular flexibility index (Phi) is 10.2. The van der Waals surface area contributed by atoms with Crippen LogP contribution in [-0.4, -0.2) is 30.2 Å². The quantitative estimate of drug-likeness (QED) is 0.0542.